The van der Waals surface area contributed by atoms with E-state index in [4.69, 9.17) is 28.8 Å². The molecule has 0 atom stereocenters. The molecule has 10 heteroatoms. The van der Waals surface area contributed by atoms with Gasteiger partial charge in [0.05, 0.1) is 22.1 Å². The molecule has 0 radical (unpaired) electrons. The van der Waals surface area contributed by atoms with Crippen LogP contribution >= 0.6 is 45.3 Å². The lowest BCUT2D eigenvalue weighted by Gasteiger charge is -2.08. The van der Waals surface area contributed by atoms with Crippen molar-refractivity contribution in [1.29, 1.82) is 0 Å². The molecular weight excluding hydrogens is 1350 g/mol. The molecule has 15 aromatic carbocycles. The standard InChI is InChI=1S/C50H28N2OS2.C44H24N2OS2/c1-3-19-45-37(13-1)39-17-7-15-35(48(39)54-45)33-11-5-9-29(25-33)31-22-24-44-41(27-31)47-50(53-44)52-42-23-21-32(28-43(42)51-47)30-10-6-12-34(26-30)36-16-8-18-40-38-14-2-4-20-46(38)55-49(36)40;1-3-16-39-31(10-1)33-14-6-12-29(42(33)48-39)27-9-5-8-25(22-27)26-19-21-38-35(23-26)41-44(47-38)46-36-20-18-28(24-37(36)45-41)30-13-7-15-34-32-11-2-4-17-40(32)49-43(30)34/h1-28H;1-24H. The zero-order valence-electron chi connectivity index (χ0n) is 55.3. The fraction of sp³-hybridized carbons (Fsp3) is 0. The van der Waals surface area contributed by atoms with E-state index in [1.54, 1.807) is 0 Å². The quantitative estimate of drug-likeness (QED) is 0.158. The van der Waals surface area contributed by atoms with Gasteiger partial charge in [0.2, 0.25) is 11.4 Å². The van der Waals surface area contributed by atoms with Crippen LogP contribution in [0.5, 0.6) is 0 Å². The molecule has 484 valence electrons. The van der Waals surface area contributed by atoms with Gasteiger partial charge in [0.25, 0.3) is 0 Å². The van der Waals surface area contributed by atoms with Crippen LogP contribution in [-0.4, -0.2) is 19.9 Å². The molecule has 0 aliphatic carbocycles. The second-order valence-electron chi connectivity index (χ2n) is 26.7. The Morgan fingerprint density at radius 1 is 0.192 bits per heavy atom. The van der Waals surface area contributed by atoms with Crippen molar-refractivity contribution in [1.82, 2.24) is 19.9 Å². The Balaban J connectivity index is 0.000000132. The van der Waals surface area contributed by atoms with Crippen LogP contribution in [0.1, 0.15) is 0 Å². The summed E-state index contributed by atoms with van der Waals surface area (Å²) in [5.41, 5.74) is 24.1. The number of hydrogen-bond donors (Lipinski definition) is 0. The van der Waals surface area contributed by atoms with Crippen LogP contribution in [0.3, 0.4) is 0 Å². The summed E-state index contributed by atoms with van der Waals surface area (Å²) in [6.45, 7) is 0. The van der Waals surface area contributed by atoms with Crippen molar-refractivity contribution in [3.8, 4) is 77.9 Å². The van der Waals surface area contributed by atoms with E-state index in [-0.39, 0.29) is 0 Å². The maximum absolute atomic E-state index is 6.29. The minimum Gasteiger partial charge on any atom is -0.436 e. The topological polar surface area (TPSA) is 77.8 Å². The van der Waals surface area contributed by atoms with Gasteiger partial charge >= 0.3 is 0 Å². The van der Waals surface area contributed by atoms with Crippen molar-refractivity contribution in [2.24, 2.45) is 0 Å². The third kappa shape index (κ3) is 9.64. The number of rotatable bonds is 7. The van der Waals surface area contributed by atoms with E-state index in [0.29, 0.717) is 11.4 Å². The van der Waals surface area contributed by atoms with Gasteiger partial charge in [-0.25, -0.2) is 19.9 Å². The van der Waals surface area contributed by atoms with Crippen LogP contribution in [-0.2, 0) is 0 Å². The van der Waals surface area contributed by atoms with Gasteiger partial charge in [0.1, 0.15) is 22.2 Å². The molecule has 0 spiro atoms. The molecule has 104 heavy (non-hydrogen) atoms. The Morgan fingerprint density at radius 2 is 0.471 bits per heavy atom. The SMILES string of the molecule is c1cc(-c2ccc3nc4oc5ccc(-c6cccc(-c7cccc8c7sc7ccccc78)c6)cc5c4nc3c2)cc(-c2cccc3c2sc2ccccc23)c1.c1cc(-c2ccc3oc4nc5ccc(-c6cccc7c6sc6ccccc67)cc5nc4c3c2)cc(-c2cccc3c2sc2ccccc23)c1. The first-order valence-electron chi connectivity index (χ1n) is 34.7. The van der Waals surface area contributed by atoms with Crippen molar-refractivity contribution >= 4 is 193 Å². The highest BCUT2D eigenvalue weighted by atomic mass is 32.1. The zero-order valence-corrected chi connectivity index (χ0v) is 58.5. The Labute approximate surface area is 609 Å². The van der Waals surface area contributed by atoms with E-state index in [1.807, 2.05) is 57.5 Å². The Bertz CT molecular complexity index is 7530. The number of benzene rings is 15. The van der Waals surface area contributed by atoms with Gasteiger partial charge in [-0.2, -0.15) is 0 Å². The van der Waals surface area contributed by atoms with Crippen LogP contribution < -0.4 is 0 Å². The van der Waals surface area contributed by atoms with Crippen LogP contribution in [0.4, 0.5) is 0 Å². The molecular formula is C94H52N4O2S4. The van der Waals surface area contributed by atoms with E-state index < -0.39 is 0 Å². The molecule has 8 aromatic heterocycles. The molecule has 0 N–H and O–H groups in total. The maximum Gasteiger partial charge on any atom is 0.246 e. The number of hydrogen-bond acceptors (Lipinski definition) is 10. The number of furan rings is 2. The van der Waals surface area contributed by atoms with Gasteiger partial charge in [-0.1, -0.05) is 224 Å². The van der Waals surface area contributed by atoms with Gasteiger partial charge in [0.15, 0.2) is 0 Å². The van der Waals surface area contributed by atoms with Crippen LogP contribution in [0.15, 0.2) is 324 Å². The van der Waals surface area contributed by atoms with Crippen LogP contribution in [0.2, 0.25) is 0 Å². The van der Waals surface area contributed by atoms with Crippen LogP contribution in [0, 0.1) is 0 Å². The minimum absolute atomic E-state index is 0.552. The first kappa shape index (κ1) is 59.2. The summed E-state index contributed by atoms with van der Waals surface area (Å²) < 4.78 is 23.0. The average Bonchev–Trinajstić information content (AvgIpc) is 1.64. The highest BCUT2D eigenvalue weighted by Crippen LogP contribution is 2.47. The smallest absolute Gasteiger partial charge is 0.246 e. The molecule has 0 saturated heterocycles. The van der Waals surface area contributed by atoms with Gasteiger partial charge in [-0.15, -0.1) is 45.3 Å². The first-order valence-corrected chi connectivity index (χ1v) is 38.0. The summed E-state index contributed by atoms with van der Waals surface area (Å²) in [6, 6.07) is 113. The Kier molecular flexibility index (Phi) is 13.4. The third-order valence-electron chi connectivity index (χ3n) is 20.6. The number of aromatic nitrogens is 4. The largest absolute Gasteiger partial charge is 0.436 e. The van der Waals surface area contributed by atoms with Crippen molar-refractivity contribution in [2.45, 2.75) is 0 Å². The third-order valence-corrected chi connectivity index (χ3v) is 25.5. The molecule has 0 amide bonds. The number of nitrogens with zero attached hydrogens (tertiary/aromatic N) is 4. The van der Waals surface area contributed by atoms with Crippen molar-refractivity contribution in [2.75, 3.05) is 0 Å². The second kappa shape index (κ2) is 23.5. The summed E-state index contributed by atoms with van der Waals surface area (Å²) in [7, 11) is 0. The van der Waals surface area contributed by atoms with Gasteiger partial charge in [-0.3, -0.25) is 0 Å². The van der Waals surface area contributed by atoms with Crippen molar-refractivity contribution in [3.63, 3.8) is 0 Å². The van der Waals surface area contributed by atoms with Crippen LogP contribution in [0.25, 0.3) is 225 Å². The molecule has 0 unspecified atom stereocenters. The van der Waals surface area contributed by atoms with Gasteiger partial charge in [0, 0.05) is 91.5 Å². The van der Waals surface area contributed by atoms with E-state index in [1.165, 1.54) is 120 Å². The predicted octanol–water partition coefficient (Wildman–Crippen LogP) is 28.2. The molecule has 23 rings (SSSR count). The molecule has 0 fully saturated rings. The second-order valence-corrected chi connectivity index (χ2v) is 30.9. The number of thiophene rings is 4. The lowest BCUT2D eigenvalue weighted by molar-refractivity contribution is 0.654. The monoisotopic (exact) mass is 1400 g/mol. The lowest BCUT2D eigenvalue weighted by atomic mass is 9.97. The zero-order chi connectivity index (χ0) is 68.1. The molecule has 0 saturated carbocycles. The number of fused-ring (bicyclic) bond motifs is 20. The van der Waals surface area contributed by atoms with E-state index in [9.17, 15) is 0 Å². The first-order chi connectivity index (χ1) is 51.5. The summed E-state index contributed by atoms with van der Waals surface area (Å²) >= 11 is 7.43. The predicted molar refractivity (Wildman–Crippen MR) is 443 cm³/mol. The van der Waals surface area contributed by atoms with Crippen molar-refractivity contribution < 1.29 is 8.83 Å². The maximum atomic E-state index is 6.29. The molecule has 0 aliphatic rings. The highest BCUT2D eigenvalue weighted by Gasteiger charge is 2.20. The molecule has 0 aliphatic heterocycles. The summed E-state index contributed by atoms with van der Waals surface area (Å²) in [5.74, 6) is 0. The molecule has 0 bridgehead atoms. The van der Waals surface area contributed by atoms with Gasteiger partial charge in [-0.05, 0) is 169 Å². The van der Waals surface area contributed by atoms with Gasteiger partial charge < -0.3 is 8.83 Å². The van der Waals surface area contributed by atoms with Crippen molar-refractivity contribution in [3.05, 3.63) is 315 Å². The molecule has 8 heterocycles. The average molecular weight is 1400 g/mol. The summed E-state index contributed by atoms with van der Waals surface area (Å²) in [6.07, 6.45) is 0. The summed E-state index contributed by atoms with van der Waals surface area (Å²) in [4.78, 5) is 20.2. The lowest BCUT2D eigenvalue weighted by Crippen LogP contribution is -1.87. The normalized spacial score (nSPS) is 12.0. The van der Waals surface area contributed by atoms with E-state index in [2.05, 4.69) is 303 Å². The summed E-state index contributed by atoms with van der Waals surface area (Å²) in [5, 5.41) is 12.4. The minimum atomic E-state index is 0.552. The molecule has 6 nitrogen and oxygen atoms in total. The van der Waals surface area contributed by atoms with E-state index in [0.717, 1.165) is 94.0 Å². The van der Waals surface area contributed by atoms with E-state index >= 15 is 0 Å². The Hall–Kier alpha value is -12.5. The fourth-order valence-corrected chi connectivity index (χ4v) is 20.5. The Morgan fingerprint density at radius 3 is 0.846 bits per heavy atom. The highest BCUT2D eigenvalue weighted by molar-refractivity contribution is 7.27. The fourth-order valence-electron chi connectivity index (χ4n) is 15.6. The molecule has 23 aromatic rings.